The first-order valence-corrected chi connectivity index (χ1v) is 20.3. The highest BCUT2D eigenvalue weighted by atomic mass is 16.5. The average Bonchev–Trinajstić information content (AvgIpc) is 3.13. The molecular formula is C47H66O9. The molecule has 9 nitrogen and oxygen atoms in total. The second kappa shape index (κ2) is 21.7. The number of hydrogen-bond donors (Lipinski definition) is 5. The number of aliphatic hydroxyl groups excluding tert-OH is 1. The number of esters is 2. The number of carbonyl (C=O) groups excluding carboxylic acids is 2. The number of benzene rings is 2. The first-order valence-electron chi connectivity index (χ1n) is 20.3. The fourth-order valence-electron chi connectivity index (χ4n) is 8.21. The van der Waals surface area contributed by atoms with Gasteiger partial charge in [0.25, 0.3) is 0 Å². The van der Waals surface area contributed by atoms with Crippen LogP contribution in [0.15, 0.2) is 59.7 Å². The third kappa shape index (κ3) is 11.3. The molecule has 4 atom stereocenters. The van der Waals surface area contributed by atoms with Crippen molar-refractivity contribution in [3.63, 3.8) is 0 Å². The third-order valence-electron chi connectivity index (χ3n) is 11.2. The Kier molecular flexibility index (Phi) is 17.8. The largest absolute Gasteiger partial charge is 0.507 e. The first-order chi connectivity index (χ1) is 26.6. The summed E-state index contributed by atoms with van der Waals surface area (Å²) in [6, 6.07) is 3.22. The van der Waals surface area contributed by atoms with E-state index in [1.54, 1.807) is 12.1 Å². The number of allylic oxidation sites excluding steroid dienone is 6. The number of aromatic hydroxyl groups is 4. The zero-order valence-electron chi connectivity index (χ0n) is 34.8. The van der Waals surface area contributed by atoms with Gasteiger partial charge >= 0.3 is 11.9 Å². The number of methoxy groups -OCH3 is 1. The Bertz CT molecular complexity index is 1780. The van der Waals surface area contributed by atoms with E-state index in [-0.39, 0.29) is 71.0 Å². The Hall–Kier alpha value is -4.50. The lowest BCUT2D eigenvalue weighted by Crippen LogP contribution is -2.19. The van der Waals surface area contributed by atoms with Gasteiger partial charge in [0.2, 0.25) is 0 Å². The van der Waals surface area contributed by atoms with E-state index in [1.807, 2.05) is 20.8 Å². The van der Waals surface area contributed by atoms with Crippen LogP contribution in [0, 0.1) is 11.8 Å². The van der Waals surface area contributed by atoms with E-state index in [1.165, 1.54) is 18.3 Å². The summed E-state index contributed by atoms with van der Waals surface area (Å²) in [7, 11) is 1.31. The fourth-order valence-corrected chi connectivity index (χ4v) is 8.21. The van der Waals surface area contributed by atoms with Crippen molar-refractivity contribution in [3.8, 4) is 23.0 Å². The average molecular weight is 775 g/mol. The molecule has 0 radical (unpaired) electrons. The quantitative estimate of drug-likeness (QED) is 0.0637. The van der Waals surface area contributed by atoms with Gasteiger partial charge < -0.3 is 35.0 Å². The van der Waals surface area contributed by atoms with E-state index >= 15 is 0 Å². The summed E-state index contributed by atoms with van der Waals surface area (Å²) < 4.78 is 10.0. The summed E-state index contributed by atoms with van der Waals surface area (Å²) in [5, 5.41) is 52.8. The summed E-state index contributed by atoms with van der Waals surface area (Å²) in [4.78, 5) is 25.1. The Balaban J connectivity index is 0.000000301. The minimum atomic E-state index is -0.673. The Morgan fingerprint density at radius 1 is 0.714 bits per heavy atom. The molecule has 0 saturated carbocycles. The minimum Gasteiger partial charge on any atom is -0.507 e. The zero-order valence-corrected chi connectivity index (χ0v) is 34.8. The maximum atomic E-state index is 12.7. The van der Waals surface area contributed by atoms with Crippen LogP contribution in [0.2, 0.25) is 0 Å². The van der Waals surface area contributed by atoms with Gasteiger partial charge in [-0.25, -0.2) is 9.59 Å². The monoisotopic (exact) mass is 774 g/mol. The molecule has 0 bridgehead atoms. The summed E-state index contributed by atoms with van der Waals surface area (Å²) in [6.07, 6.45) is 14.8. The van der Waals surface area contributed by atoms with E-state index < -0.39 is 11.9 Å². The molecule has 0 heterocycles. The summed E-state index contributed by atoms with van der Waals surface area (Å²) in [5.41, 5.74) is 6.63. The Morgan fingerprint density at radius 2 is 1.12 bits per heavy atom. The smallest absolute Gasteiger partial charge is 0.342 e. The van der Waals surface area contributed by atoms with Crippen LogP contribution >= 0.6 is 0 Å². The van der Waals surface area contributed by atoms with E-state index in [0.717, 1.165) is 75.4 Å². The topological polar surface area (TPSA) is 154 Å². The summed E-state index contributed by atoms with van der Waals surface area (Å²) >= 11 is 0. The van der Waals surface area contributed by atoms with E-state index in [4.69, 9.17) is 14.6 Å². The third-order valence-corrected chi connectivity index (χ3v) is 11.2. The fraction of sp³-hybridized carbons (Fsp3) is 0.532. The second-order valence-electron chi connectivity index (χ2n) is 15.7. The van der Waals surface area contributed by atoms with Crippen molar-refractivity contribution >= 4 is 11.9 Å². The number of ether oxygens (including phenoxy) is 2. The van der Waals surface area contributed by atoms with Gasteiger partial charge in [0.05, 0.1) is 13.7 Å². The molecule has 5 N–H and O–H groups in total. The molecular weight excluding hydrogens is 709 g/mol. The van der Waals surface area contributed by atoms with Gasteiger partial charge in [-0.05, 0) is 114 Å². The van der Waals surface area contributed by atoms with Gasteiger partial charge in [-0.15, -0.1) is 0 Å². The molecule has 0 saturated heterocycles. The first kappa shape index (κ1) is 45.9. The van der Waals surface area contributed by atoms with Crippen molar-refractivity contribution in [3.05, 3.63) is 93.1 Å². The Morgan fingerprint density at radius 3 is 1.48 bits per heavy atom. The maximum Gasteiger partial charge on any atom is 0.342 e. The minimum absolute atomic E-state index is 0.00472. The Labute approximate surface area is 334 Å². The van der Waals surface area contributed by atoms with Crippen molar-refractivity contribution in [1.82, 2.24) is 0 Å². The van der Waals surface area contributed by atoms with Gasteiger partial charge in [-0.2, -0.15) is 0 Å². The highest BCUT2D eigenvalue weighted by Crippen LogP contribution is 2.50. The molecule has 2 aromatic carbocycles. The van der Waals surface area contributed by atoms with E-state index in [0.29, 0.717) is 35.1 Å². The van der Waals surface area contributed by atoms with Gasteiger partial charge in [0.15, 0.2) is 0 Å². The van der Waals surface area contributed by atoms with Crippen LogP contribution in [0.4, 0.5) is 0 Å². The summed E-state index contributed by atoms with van der Waals surface area (Å²) in [5.74, 6) is -1.86. The number of rotatable bonds is 16. The number of unbranched alkanes of at least 4 members (excludes halogenated alkanes) is 4. The predicted molar refractivity (Wildman–Crippen MR) is 223 cm³/mol. The molecule has 2 aliphatic carbocycles. The molecule has 0 aromatic heterocycles. The predicted octanol–water partition coefficient (Wildman–Crippen LogP) is 10.6. The van der Waals surface area contributed by atoms with Crippen molar-refractivity contribution in [1.29, 1.82) is 0 Å². The van der Waals surface area contributed by atoms with Gasteiger partial charge in [0, 0.05) is 23.0 Å². The van der Waals surface area contributed by atoms with Crippen LogP contribution in [0.5, 0.6) is 23.0 Å². The summed E-state index contributed by atoms with van der Waals surface area (Å²) in [6.45, 7) is 20.0. The molecule has 308 valence electrons. The zero-order chi connectivity index (χ0) is 41.7. The van der Waals surface area contributed by atoms with Crippen molar-refractivity contribution in [2.45, 2.75) is 130 Å². The number of aliphatic hydroxyl groups is 1. The standard InChI is InChI=1S/C24H34O5.C23H32O4/c1-5-6-7-8-17-14-20(26)22(23(27)21(17)24(28)29-12-11-25)19-13-16(4)9-10-18(19)15(2)3;1-6-7-8-9-16-13-19(24)21(22(25)20(16)23(26)27-5)18-12-15(4)10-11-17(18)14(2)3/h13-14,18-19,25-27H,2,5-12H2,1,3-4H3;12-13,17-18,24-25H,2,6-11H2,1,3-5H3/t18-,19+;17-,18+/m00/s1. The molecule has 2 aliphatic rings. The van der Waals surface area contributed by atoms with Crippen LogP contribution < -0.4 is 0 Å². The number of phenolic OH excluding ortho intramolecular Hbond substituents is 4. The second-order valence-corrected chi connectivity index (χ2v) is 15.7. The number of carbonyl (C=O) groups is 2. The van der Waals surface area contributed by atoms with Gasteiger partial charge in [0.1, 0.15) is 40.7 Å². The van der Waals surface area contributed by atoms with Crippen LogP contribution in [-0.2, 0) is 22.3 Å². The van der Waals surface area contributed by atoms with Gasteiger partial charge in [-0.3, -0.25) is 0 Å². The number of phenols is 4. The van der Waals surface area contributed by atoms with Crippen molar-refractivity contribution in [2.24, 2.45) is 11.8 Å². The molecule has 56 heavy (non-hydrogen) atoms. The highest BCUT2D eigenvalue weighted by Gasteiger charge is 2.35. The van der Waals surface area contributed by atoms with Crippen LogP contribution in [-0.4, -0.2) is 57.8 Å². The van der Waals surface area contributed by atoms with Gasteiger partial charge in [-0.1, -0.05) is 87.1 Å². The SMILES string of the molecule is C=C(C)[C@@H]1CCC(C)=C[C@H]1c1c(O)cc(CCCCC)c(C(=O)OC)c1O.C=C(C)[C@@H]1CCC(C)=C[C@H]1c1c(O)cc(CCCCC)c(C(=O)OCCO)c1O. The van der Waals surface area contributed by atoms with Crippen molar-refractivity contribution in [2.75, 3.05) is 20.3 Å². The lowest BCUT2D eigenvalue weighted by Gasteiger charge is -2.32. The molecule has 0 spiro atoms. The normalized spacial score (nSPS) is 19.2. The van der Waals surface area contributed by atoms with Crippen LogP contribution in [0.1, 0.15) is 161 Å². The molecule has 0 unspecified atom stereocenters. The lowest BCUT2D eigenvalue weighted by atomic mass is 9.73. The number of aryl methyl sites for hydroxylation is 2. The lowest BCUT2D eigenvalue weighted by molar-refractivity contribution is 0.0428. The van der Waals surface area contributed by atoms with E-state index in [2.05, 4.69) is 46.1 Å². The molecule has 4 rings (SSSR count). The molecule has 0 fully saturated rings. The van der Waals surface area contributed by atoms with E-state index in [9.17, 15) is 30.0 Å². The van der Waals surface area contributed by atoms with Crippen LogP contribution in [0.25, 0.3) is 0 Å². The molecule has 2 aromatic rings. The molecule has 0 amide bonds. The van der Waals surface area contributed by atoms with Crippen LogP contribution in [0.3, 0.4) is 0 Å². The molecule has 0 aliphatic heterocycles. The number of hydrogen-bond acceptors (Lipinski definition) is 9. The van der Waals surface area contributed by atoms with Crippen molar-refractivity contribution < 1.29 is 44.6 Å². The molecule has 9 heteroatoms. The maximum absolute atomic E-state index is 12.7. The highest BCUT2D eigenvalue weighted by molar-refractivity contribution is 5.96.